The lowest BCUT2D eigenvalue weighted by atomic mass is 10.2. The fourth-order valence-electron chi connectivity index (χ4n) is 1.68. The molecule has 0 radical (unpaired) electrons. The number of nitrogen functional groups attached to an aromatic ring is 1. The predicted molar refractivity (Wildman–Crippen MR) is 66.0 cm³/mol. The van der Waals surface area contributed by atoms with Gasteiger partial charge in [0.2, 0.25) is 5.95 Å². The van der Waals surface area contributed by atoms with Gasteiger partial charge in [0.05, 0.1) is 0 Å². The van der Waals surface area contributed by atoms with Crippen molar-refractivity contribution < 1.29 is 5.11 Å². The first-order chi connectivity index (χ1) is 8.63. The zero-order valence-corrected chi connectivity index (χ0v) is 9.14. The molecule has 0 fully saturated rings. The third kappa shape index (κ3) is 1.58. The van der Waals surface area contributed by atoms with E-state index in [1.807, 2.05) is 0 Å². The van der Waals surface area contributed by atoms with E-state index in [1.54, 1.807) is 12.1 Å². The van der Waals surface area contributed by atoms with Crippen LogP contribution >= 0.6 is 0 Å². The normalized spacial score (nSPS) is 10.9. The van der Waals surface area contributed by atoms with Crippen molar-refractivity contribution in [3.05, 3.63) is 34.6 Å². The van der Waals surface area contributed by atoms with Crippen LogP contribution in [-0.4, -0.2) is 25.0 Å². The highest BCUT2D eigenvalue weighted by atomic mass is 16.3. The van der Waals surface area contributed by atoms with E-state index in [9.17, 15) is 9.90 Å². The molecule has 3 rings (SSSR count). The lowest BCUT2D eigenvalue weighted by molar-refractivity contribution is 0.475. The maximum absolute atomic E-state index is 11.6. The van der Waals surface area contributed by atoms with Gasteiger partial charge in [0.25, 0.3) is 5.56 Å². The number of nitrogens with one attached hydrogen (secondary N) is 2. The highest BCUT2D eigenvalue weighted by Gasteiger charge is 2.09. The number of H-pyrrole nitrogens is 2. The molecule has 0 spiro atoms. The number of hydrogen-bond acceptors (Lipinski definition) is 5. The van der Waals surface area contributed by atoms with Crippen molar-refractivity contribution >= 4 is 17.1 Å². The lowest BCUT2D eigenvalue weighted by Gasteiger charge is -1.95. The average Bonchev–Trinajstić information content (AvgIpc) is 2.74. The maximum Gasteiger partial charge on any atom is 0.278 e. The number of nitrogens with two attached hydrogens (primary N) is 1. The number of phenols is 1. The van der Waals surface area contributed by atoms with Crippen molar-refractivity contribution in [2.45, 2.75) is 0 Å². The van der Waals surface area contributed by atoms with Crippen molar-refractivity contribution in [1.82, 2.24) is 19.9 Å². The van der Waals surface area contributed by atoms with Gasteiger partial charge in [0.15, 0.2) is 11.2 Å². The van der Waals surface area contributed by atoms with Gasteiger partial charge in [0, 0.05) is 5.56 Å². The Hall–Kier alpha value is -2.83. The Bertz CT molecular complexity index is 772. The highest BCUT2D eigenvalue weighted by Crippen LogP contribution is 2.20. The van der Waals surface area contributed by atoms with Crippen LogP contribution in [-0.2, 0) is 0 Å². The quantitative estimate of drug-likeness (QED) is 0.498. The molecule has 7 heteroatoms. The number of anilines is 1. The molecule has 0 saturated heterocycles. The molecular weight excluding hydrogens is 234 g/mol. The molecule has 0 atom stereocenters. The number of benzene rings is 1. The number of rotatable bonds is 1. The number of aromatic amines is 2. The van der Waals surface area contributed by atoms with Crippen molar-refractivity contribution in [3.8, 4) is 17.1 Å². The van der Waals surface area contributed by atoms with Gasteiger partial charge in [-0.3, -0.25) is 9.78 Å². The number of phenolic OH excluding ortho intramolecular Hbond substituents is 1. The molecule has 0 unspecified atom stereocenters. The van der Waals surface area contributed by atoms with Crippen LogP contribution < -0.4 is 11.3 Å². The molecule has 5 N–H and O–H groups in total. The van der Waals surface area contributed by atoms with Crippen molar-refractivity contribution in [2.24, 2.45) is 0 Å². The van der Waals surface area contributed by atoms with Gasteiger partial charge in [-0.15, -0.1) is 0 Å². The molecule has 3 aromatic rings. The summed E-state index contributed by atoms with van der Waals surface area (Å²) in [6.45, 7) is 0. The summed E-state index contributed by atoms with van der Waals surface area (Å²) < 4.78 is 0. The van der Waals surface area contributed by atoms with Gasteiger partial charge in [0.1, 0.15) is 11.6 Å². The number of imidazole rings is 1. The van der Waals surface area contributed by atoms with Crippen molar-refractivity contribution in [2.75, 3.05) is 5.73 Å². The minimum atomic E-state index is -0.366. The van der Waals surface area contributed by atoms with Crippen LogP contribution in [0.1, 0.15) is 0 Å². The maximum atomic E-state index is 11.6. The van der Waals surface area contributed by atoms with Crippen LogP contribution in [0.5, 0.6) is 5.75 Å². The summed E-state index contributed by atoms with van der Waals surface area (Å²) in [6.07, 6.45) is 0. The van der Waals surface area contributed by atoms with Crippen molar-refractivity contribution in [3.63, 3.8) is 0 Å². The molecule has 0 aliphatic carbocycles. The SMILES string of the molecule is Nc1nc2nc(-c3ccc(O)cc3)[nH]c2c(=O)[nH]1. The standard InChI is InChI=1S/C11H9N5O2/c12-11-15-9-7(10(18)16-11)13-8(14-9)5-1-3-6(17)4-2-5/h1-4,17H,(H4,12,13,14,15,16,18). The second-order valence-electron chi connectivity index (χ2n) is 3.78. The number of nitrogens with zero attached hydrogens (tertiary/aromatic N) is 2. The van der Waals surface area contributed by atoms with Gasteiger partial charge in [-0.2, -0.15) is 4.98 Å². The minimum absolute atomic E-state index is 0.0243. The summed E-state index contributed by atoms with van der Waals surface area (Å²) in [5.41, 5.74) is 6.35. The van der Waals surface area contributed by atoms with E-state index in [2.05, 4.69) is 19.9 Å². The average molecular weight is 243 g/mol. The Kier molecular flexibility index (Phi) is 2.06. The zero-order valence-electron chi connectivity index (χ0n) is 9.14. The van der Waals surface area contributed by atoms with Gasteiger partial charge < -0.3 is 15.8 Å². The van der Waals surface area contributed by atoms with E-state index in [-0.39, 0.29) is 28.4 Å². The summed E-state index contributed by atoms with van der Waals surface area (Å²) in [7, 11) is 0. The van der Waals surface area contributed by atoms with Crippen LogP contribution in [0.15, 0.2) is 29.1 Å². The fourth-order valence-corrected chi connectivity index (χ4v) is 1.68. The van der Waals surface area contributed by atoms with E-state index >= 15 is 0 Å². The smallest absolute Gasteiger partial charge is 0.278 e. The largest absolute Gasteiger partial charge is 0.508 e. The van der Waals surface area contributed by atoms with Crippen molar-refractivity contribution in [1.29, 1.82) is 0 Å². The third-order valence-electron chi connectivity index (χ3n) is 2.52. The highest BCUT2D eigenvalue weighted by molar-refractivity contribution is 5.75. The Labute approximate surface area is 100 Å². The Balaban J connectivity index is 2.22. The summed E-state index contributed by atoms with van der Waals surface area (Å²) in [4.78, 5) is 25.0. The molecule has 18 heavy (non-hydrogen) atoms. The van der Waals surface area contributed by atoms with Crippen LogP contribution in [0, 0.1) is 0 Å². The number of hydrogen-bond donors (Lipinski definition) is 4. The third-order valence-corrected chi connectivity index (χ3v) is 2.52. The van der Waals surface area contributed by atoms with Crippen LogP contribution in [0.4, 0.5) is 5.95 Å². The molecule has 7 nitrogen and oxygen atoms in total. The fraction of sp³-hybridized carbons (Fsp3) is 0. The molecule has 1 aromatic carbocycles. The Morgan fingerprint density at radius 2 is 1.83 bits per heavy atom. The van der Waals surface area contributed by atoms with Gasteiger partial charge in [-0.25, -0.2) is 4.98 Å². The van der Waals surface area contributed by atoms with E-state index in [1.165, 1.54) is 12.1 Å². The van der Waals surface area contributed by atoms with Gasteiger partial charge >= 0.3 is 0 Å². The Morgan fingerprint density at radius 1 is 1.11 bits per heavy atom. The zero-order chi connectivity index (χ0) is 12.7. The van der Waals surface area contributed by atoms with Crippen LogP contribution in [0.2, 0.25) is 0 Å². The molecule has 2 heterocycles. The molecule has 90 valence electrons. The van der Waals surface area contributed by atoms with E-state index < -0.39 is 0 Å². The first-order valence-electron chi connectivity index (χ1n) is 5.18. The first kappa shape index (κ1) is 10.3. The molecule has 2 aromatic heterocycles. The molecule has 0 amide bonds. The molecule has 0 bridgehead atoms. The van der Waals surface area contributed by atoms with E-state index in [0.717, 1.165) is 5.56 Å². The summed E-state index contributed by atoms with van der Waals surface area (Å²) >= 11 is 0. The van der Waals surface area contributed by atoms with Crippen LogP contribution in [0.3, 0.4) is 0 Å². The van der Waals surface area contributed by atoms with E-state index in [0.29, 0.717) is 5.82 Å². The van der Waals surface area contributed by atoms with E-state index in [4.69, 9.17) is 5.73 Å². The number of aromatic nitrogens is 4. The molecule has 0 aliphatic heterocycles. The number of fused-ring (bicyclic) bond motifs is 1. The lowest BCUT2D eigenvalue weighted by Crippen LogP contribution is -2.10. The minimum Gasteiger partial charge on any atom is -0.508 e. The Morgan fingerprint density at radius 3 is 2.56 bits per heavy atom. The first-order valence-corrected chi connectivity index (χ1v) is 5.18. The topological polar surface area (TPSA) is 121 Å². The molecular formula is C11H9N5O2. The van der Waals surface area contributed by atoms with Crippen LogP contribution in [0.25, 0.3) is 22.6 Å². The summed E-state index contributed by atoms with van der Waals surface area (Å²) in [5, 5.41) is 9.21. The summed E-state index contributed by atoms with van der Waals surface area (Å²) in [6, 6.07) is 6.44. The predicted octanol–water partition coefficient (Wildman–Crippen LogP) is 0.601. The number of aromatic hydroxyl groups is 1. The second kappa shape index (κ2) is 3.59. The van der Waals surface area contributed by atoms with Gasteiger partial charge in [-0.1, -0.05) is 0 Å². The van der Waals surface area contributed by atoms with Gasteiger partial charge in [-0.05, 0) is 24.3 Å². The summed E-state index contributed by atoms with van der Waals surface area (Å²) in [5.74, 6) is 0.680. The molecule has 0 saturated carbocycles. The monoisotopic (exact) mass is 243 g/mol. The molecule has 0 aliphatic rings. The second-order valence-corrected chi connectivity index (χ2v) is 3.78.